The zero-order valence-corrected chi connectivity index (χ0v) is 10.4. The molecule has 0 aliphatic rings. The van der Waals surface area contributed by atoms with Gasteiger partial charge in [-0.2, -0.15) is 0 Å². The second-order valence-electron chi connectivity index (χ2n) is 4.76. The first-order chi connectivity index (χ1) is 8.17. The van der Waals surface area contributed by atoms with Crippen molar-refractivity contribution >= 4 is 16.5 Å². The first-order valence-electron chi connectivity index (χ1n) is 6.05. The molecule has 2 aromatic rings. The molecule has 0 radical (unpaired) electrons. The fraction of sp³-hybridized carbons (Fsp3) is 0.333. The third-order valence-corrected chi connectivity index (χ3v) is 3.32. The van der Waals surface area contributed by atoms with E-state index in [1.54, 1.807) is 0 Å². The second-order valence-corrected chi connectivity index (χ2v) is 4.76. The summed E-state index contributed by atoms with van der Waals surface area (Å²) in [5, 5.41) is 15.2. The van der Waals surface area contributed by atoms with Crippen LogP contribution >= 0.6 is 0 Å². The Balaban J connectivity index is 2.31. The lowest BCUT2D eigenvalue weighted by Gasteiger charge is -2.28. The van der Waals surface area contributed by atoms with Crippen LogP contribution in [0.25, 0.3) is 10.8 Å². The highest BCUT2D eigenvalue weighted by atomic mass is 16.3. The molecule has 1 unspecified atom stereocenters. The summed E-state index contributed by atoms with van der Waals surface area (Å²) >= 11 is 0. The maximum Gasteiger partial charge on any atom is 0.0658 e. The summed E-state index contributed by atoms with van der Waals surface area (Å²) in [7, 11) is 0. The molecule has 0 saturated heterocycles. The van der Waals surface area contributed by atoms with E-state index in [0.29, 0.717) is 0 Å². The monoisotopic (exact) mass is 229 g/mol. The van der Waals surface area contributed by atoms with E-state index >= 15 is 0 Å². The lowest BCUT2D eigenvalue weighted by atomic mass is 9.99. The van der Waals surface area contributed by atoms with Gasteiger partial charge in [-0.1, -0.05) is 37.3 Å². The minimum Gasteiger partial charge on any atom is -0.394 e. The molecule has 2 heteroatoms. The summed E-state index contributed by atoms with van der Waals surface area (Å²) < 4.78 is 0. The van der Waals surface area contributed by atoms with Gasteiger partial charge in [-0.3, -0.25) is 0 Å². The number of rotatable bonds is 4. The van der Waals surface area contributed by atoms with Crippen LogP contribution < -0.4 is 5.32 Å². The molecule has 0 saturated carbocycles. The highest BCUT2D eigenvalue weighted by Crippen LogP contribution is 2.22. The van der Waals surface area contributed by atoms with Gasteiger partial charge in [0.15, 0.2) is 0 Å². The lowest BCUT2D eigenvalue weighted by molar-refractivity contribution is 0.219. The molecule has 0 bridgehead atoms. The first-order valence-corrected chi connectivity index (χ1v) is 6.05. The van der Waals surface area contributed by atoms with Crippen LogP contribution in [0.15, 0.2) is 42.5 Å². The summed E-state index contributed by atoms with van der Waals surface area (Å²) in [6, 6.07) is 14.6. The number of hydrogen-bond acceptors (Lipinski definition) is 2. The average molecular weight is 229 g/mol. The minimum atomic E-state index is -0.248. The Bertz CT molecular complexity index is 503. The van der Waals surface area contributed by atoms with Crippen molar-refractivity contribution in [1.82, 2.24) is 0 Å². The molecule has 0 fully saturated rings. The van der Waals surface area contributed by atoms with Crippen LogP contribution in [0.2, 0.25) is 0 Å². The van der Waals surface area contributed by atoms with E-state index in [1.165, 1.54) is 10.8 Å². The van der Waals surface area contributed by atoms with Gasteiger partial charge in [-0.25, -0.2) is 0 Å². The van der Waals surface area contributed by atoms with Crippen molar-refractivity contribution in [1.29, 1.82) is 0 Å². The Hall–Kier alpha value is -1.54. The van der Waals surface area contributed by atoms with Crippen molar-refractivity contribution in [2.75, 3.05) is 11.9 Å². The Morgan fingerprint density at radius 2 is 1.82 bits per heavy atom. The van der Waals surface area contributed by atoms with Gasteiger partial charge in [-0.15, -0.1) is 0 Å². The summed E-state index contributed by atoms with van der Waals surface area (Å²) in [6.07, 6.45) is 0.885. The molecular weight excluding hydrogens is 210 g/mol. The minimum absolute atomic E-state index is 0.135. The zero-order valence-electron chi connectivity index (χ0n) is 10.4. The quantitative estimate of drug-likeness (QED) is 0.842. The molecule has 0 spiro atoms. The Morgan fingerprint density at radius 3 is 2.47 bits per heavy atom. The highest BCUT2D eigenvalue weighted by molar-refractivity contribution is 5.85. The van der Waals surface area contributed by atoms with E-state index in [1.807, 2.05) is 19.1 Å². The molecule has 2 rings (SSSR count). The van der Waals surface area contributed by atoms with Crippen LogP contribution in [0.4, 0.5) is 5.69 Å². The molecular formula is C15H19NO. The Kier molecular flexibility index (Phi) is 3.34. The van der Waals surface area contributed by atoms with E-state index in [4.69, 9.17) is 0 Å². The van der Waals surface area contributed by atoms with E-state index in [0.717, 1.165) is 12.1 Å². The molecule has 2 N–H and O–H groups in total. The number of nitrogens with one attached hydrogen (secondary N) is 1. The number of anilines is 1. The number of fused-ring (bicyclic) bond motifs is 1. The van der Waals surface area contributed by atoms with E-state index in [-0.39, 0.29) is 12.1 Å². The van der Waals surface area contributed by atoms with Gasteiger partial charge in [0.25, 0.3) is 0 Å². The largest absolute Gasteiger partial charge is 0.394 e. The van der Waals surface area contributed by atoms with Gasteiger partial charge in [0.05, 0.1) is 12.1 Å². The van der Waals surface area contributed by atoms with Gasteiger partial charge in [-0.05, 0) is 36.2 Å². The van der Waals surface area contributed by atoms with Crippen LogP contribution in [-0.2, 0) is 0 Å². The van der Waals surface area contributed by atoms with Crippen LogP contribution in [0.5, 0.6) is 0 Å². The molecule has 0 amide bonds. The fourth-order valence-electron chi connectivity index (χ4n) is 1.86. The molecule has 90 valence electrons. The number of benzene rings is 2. The zero-order chi connectivity index (χ0) is 12.3. The predicted octanol–water partition coefficient (Wildman–Crippen LogP) is 3.41. The number of aliphatic hydroxyl groups excluding tert-OH is 1. The van der Waals surface area contributed by atoms with E-state index in [2.05, 4.69) is 42.6 Å². The maximum absolute atomic E-state index is 9.40. The standard InChI is InChI=1S/C15H19NO/c1-3-15(2,11-17)16-14-9-8-12-6-4-5-7-13(12)10-14/h4-10,16-17H,3,11H2,1-2H3. The van der Waals surface area contributed by atoms with Crippen LogP contribution in [0, 0.1) is 0 Å². The molecule has 2 aromatic carbocycles. The van der Waals surface area contributed by atoms with Gasteiger partial charge < -0.3 is 10.4 Å². The summed E-state index contributed by atoms with van der Waals surface area (Å²) in [5.74, 6) is 0. The third kappa shape index (κ3) is 2.59. The highest BCUT2D eigenvalue weighted by Gasteiger charge is 2.20. The number of hydrogen-bond donors (Lipinski definition) is 2. The average Bonchev–Trinajstić information content (AvgIpc) is 2.38. The molecule has 0 aliphatic heterocycles. The van der Waals surface area contributed by atoms with Crippen molar-refractivity contribution in [3.05, 3.63) is 42.5 Å². The van der Waals surface area contributed by atoms with Crippen molar-refractivity contribution in [2.45, 2.75) is 25.8 Å². The summed E-state index contributed by atoms with van der Waals surface area (Å²) in [4.78, 5) is 0. The molecule has 2 nitrogen and oxygen atoms in total. The van der Waals surface area contributed by atoms with Crippen molar-refractivity contribution in [3.8, 4) is 0 Å². The third-order valence-electron chi connectivity index (χ3n) is 3.32. The van der Waals surface area contributed by atoms with Crippen molar-refractivity contribution in [2.24, 2.45) is 0 Å². The second kappa shape index (κ2) is 4.76. The van der Waals surface area contributed by atoms with Gasteiger partial charge in [0, 0.05) is 5.69 Å². The van der Waals surface area contributed by atoms with Gasteiger partial charge >= 0.3 is 0 Å². The number of aliphatic hydroxyl groups is 1. The Morgan fingerprint density at radius 1 is 1.12 bits per heavy atom. The Labute approximate surface area is 102 Å². The normalized spacial score (nSPS) is 14.5. The van der Waals surface area contributed by atoms with Crippen molar-refractivity contribution < 1.29 is 5.11 Å². The smallest absolute Gasteiger partial charge is 0.0658 e. The van der Waals surface area contributed by atoms with Crippen LogP contribution in [-0.4, -0.2) is 17.3 Å². The molecule has 0 heterocycles. The summed E-state index contributed by atoms with van der Waals surface area (Å²) in [6.45, 7) is 4.24. The maximum atomic E-state index is 9.40. The van der Waals surface area contributed by atoms with E-state index < -0.39 is 0 Å². The molecule has 0 aliphatic carbocycles. The first kappa shape index (κ1) is 11.9. The topological polar surface area (TPSA) is 32.3 Å². The molecule has 17 heavy (non-hydrogen) atoms. The molecule has 1 atom stereocenters. The van der Waals surface area contributed by atoms with Gasteiger partial charge in [0.2, 0.25) is 0 Å². The van der Waals surface area contributed by atoms with Crippen LogP contribution in [0.1, 0.15) is 20.3 Å². The van der Waals surface area contributed by atoms with Crippen LogP contribution in [0.3, 0.4) is 0 Å². The predicted molar refractivity (Wildman–Crippen MR) is 73.4 cm³/mol. The molecule has 0 aromatic heterocycles. The summed E-state index contributed by atoms with van der Waals surface area (Å²) in [5.41, 5.74) is 0.810. The van der Waals surface area contributed by atoms with Crippen molar-refractivity contribution in [3.63, 3.8) is 0 Å². The fourth-order valence-corrected chi connectivity index (χ4v) is 1.86. The van der Waals surface area contributed by atoms with E-state index in [9.17, 15) is 5.11 Å². The lowest BCUT2D eigenvalue weighted by Crippen LogP contribution is -2.37. The SMILES string of the molecule is CCC(C)(CO)Nc1ccc2ccccc2c1. The van der Waals surface area contributed by atoms with Gasteiger partial charge in [0.1, 0.15) is 0 Å².